The number of aromatic nitrogens is 1. The van der Waals surface area contributed by atoms with Gasteiger partial charge in [-0.25, -0.2) is 13.4 Å². The van der Waals surface area contributed by atoms with E-state index in [0.29, 0.717) is 26.2 Å². The maximum atomic E-state index is 12.5. The number of hydrogen-bond acceptors (Lipinski definition) is 6. The fourth-order valence-electron chi connectivity index (χ4n) is 2.17. The van der Waals surface area contributed by atoms with Crippen molar-refractivity contribution < 1.29 is 13.2 Å². The van der Waals surface area contributed by atoms with Crippen molar-refractivity contribution in [3.05, 3.63) is 18.3 Å². The van der Waals surface area contributed by atoms with E-state index in [1.54, 1.807) is 13.1 Å². The molecule has 1 amide bonds. The van der Waals surface area contributed by atoms with Gasteiger partial charge in [0.05, 0.1) is 6.54 Å². The summed E-state index contributed by atoms with van der Waals surface area (Å²) in [6, 6.07) is 3.00. The van der Waals surface area contributed by atoms with Gasteiger partial charge in [0.2, 0.25) is 15.9 Å². The van der Waals surface area contributed by atoms with E-state index in [2.05, 4.69) is 10.3 Å². The minimum Gasteiger partial charge on any atom is -0.383 e. The number of nitrogen functional groups attached to an aromatic ring is 1. The molecule has 9 heteroatoms. The summed E-state index contributed by atoms with van der Waals surface area (Å²) in [6.45, 7) is 1.94. The Morgan fingerprint density at radius 1 is 1.38 bits per heavy atom. The summed E-state index contributed by atoms with van der Waals surface area (Å²) in [5, 5.41) is 2.55. The lowest BCUT2D eigenvalue weighted by molar-refractivity contribution is -0.122. The van der Waals surface area contributed by atoms with Crippen LogP contribution in [0.2, 0.25) is 0 Å². The van der Waals surface area contributed by atoms with E-state index in [-0.39, 0.29) is 23.2 Å². The van der Waals surface area contributed by atoms with E-state index in [9.17, 15) is 13.2 Å². The van der Waals surface area contributed by atoms with E-state index >= 15 is 0 Å². The van der Waals surface area contributed by atoms with Crippen LogP contribution in [0, 0.1) is 0 Å². The molecule has 0 unspecified atom stereocenters. The fourth-order valence-corrected chi connectivity index (χ4v) is 3.66. The van der Waals surface area contributed by atoms with Gasteiger partial charge in [-0.2, -0.15) is 4.31 Å². The van der Waals surface area contributed by atoms with Gasteiger partial charge in [-0.15, -0.1) is 0 Å². The molecule has 1 aromatic heterocycles. The van der Waals surface area contributed by atoms with Crippen LogP contribution in [0.3, 0.4) is 0 Å². The van der Waals surface area contributed by atoms with Crippen molar-refractivity contribution in [2.45, 2.75) is 4.90 Å². The normalized spacial score (nSPS) is 17.6. The first-order chi connectivity index (χ1) is 9.95. The maximum Gasteiger partial charge on any atom is 0.246 e. The van der Waals surface area contributed by atoms with Crippen LogP contribution in [-0.4, -0.2) is 68.3 Å². The van der Waals surface area contributed by atoms with Gasteiger partial charge < -0.3 is 11.1 Å². The maximum absolute atomic E-state index is 12.5. The average molecular weight is 313 g/mol. The zero-order valence-corrected chi connectivity index (χ0v) is 12.6. The van der Waals surface area contributed by atoms with Crippen LogP contribution < -0.4 is 11.1 Å². The smallest absolute Gasteiger partial charge is 0.246 e. The van der Waals surface area contributed by atoms with Crippen molar-refractivity contribution >= 4 is 21.7 Å². The van der Waals surface area contributed by atoms with Crippen LogP contribution in [0.15, 0.2) is 23.2 Å². The summed E-state index contributed by atoms with van der Waals surface area (Å²) >= 11 is 0. The van der Waals surface area contributed by atoms with Crippen molar-refractivity contribution in [2.75, 3.05) is 45.5 Å². The number of nitrogens with zero attached hydrogens (tertiary/aromatic N) is 3. The monoisotopic (exact) mass is 313 g/mol. The molecule has 0 aliphatic carbocycles. The Labute approximate surface area is 124 Å². The van der Waals surface area contributed by atoms with Crippen LogP contribution in [-0.2, 0) is 14.8 Å². The number of piperazine rings is 1. The number of rotatable bonds is 4. The fraction of sp³-hybridized carbons (Fsp3) is 0.500. The largest absolute Gasteiger partial charge is 0.383 e. The van der Waals surface area contributed by atoms with Gasteiger partial charge >= 0.3 is 0 Å². The zero-order valence-electron chi connectivity index (χ0n) is 11.8. The number of carbonyl (C=O) groups is 1. The highest BCUT2D eigenvalue weighted by molar-refractivity contribution is 7.89. The SMILES string of the molecule is CNC(=O)CN1CCN(S(=O)(=O)c2cccnc2N)CC1. The van der Waals surface area contributed by atoms with Crippen molar-refractivity contribution in [3.63, 3.8) is 0 Å². The van der Waals surface area contributed by atoms with Gasteiger partial charge in [-0.1, -0.05) is 0 Å². The Morgan fingerprint density at radius 2 is 2.05 bits per heavy atom. The Morgan fingerprint density at radius 3 is 2.62 bits per heavy atom. The lowest BCUT2D eigenvalue weighted by Gasteiger charge is -2.33. The molecule has 0 spiro atoms. The lowest BCUT2D eigenvalue weighted by atomic mass is 10.3. The predicted molar refractivity (Wildman–Crippen MR) is 77.9 cm³/mol. The van der Waals surface area contributed by atoms with E-state index < -0.39 is 10.0 Å². The van der Waals surface area contributed by atoms with Crippen molar-refractivity contribution in [1.82, 2.24) is 19.5 Å². The first-order valence-corrected chi connectivity index (χ1v) is 8.02. The number of carbonyl (C=O) groups excluding carboxylic acids is 1. The summed E-state index contributed by atoms with van der Waals surface area (Å²) in [5.41, 5.74) is 5.64. The highest BCUT2D eigenvalue weighted by atomic mass is 32.2. The van der Waals surface area contributed by atoms with E-state index in [0.717, 1.165) is 0 Å². The van der Waals surface area contributed by atoms with Gasteiger partial charge in [-0.3, -0.25) is 9.69 Å². The molecule has 1 aliphatic heterocycles. The molecule has 0 atom stereocenters. The summed E-state index contributed by atoms with van der Waals surface area (Å²) < 4.78 is 26.4. The highest BCUT2D eigenvalue weighted by Crippen LogP contribution is 2.21. The summed E-state index contributed by atoms with van der Waals surface area (Å²) in [6.07, 6.45) is 1.45. The molecule has 1 aliphatic rings. The van der Waals surface area contributed by atoms with Crippen LogP contribution in [0.5, 0.6) is 0 Å². The van der Waals surface area contributed by atoms with E-state index in [1.165, 1.54) is 16.6 Å². The Bertz CT molecular complexity index is 611. The molecule has 1 aromatic rings. The van der Waals surface area contributed by atoms with Crippen LogP contribution in [0.25, 0.3) is 0 Å². The van der Waals surface area contributed by atoms with Gasteiger partial charge in [-0.05, 0) is 12.1 Å². The third kappa shape index (κ3) is 3.49. The van der Waals surface area contributed by atoms with Crippen molar-refractivity contribution in [1.29, 1.82) is 0 Å². The quantitative estimate of drug-likeness (QED) is 0.716. The van der Waals surface area contributed by atoms with Crippen LogP contribution in [0.4, 0.5) is 5.82 Å². The van der Waals surface area contributed by atoms with E-state index in [4.69, 9.17) is 5.73 Å². The van der Waals surface area contributed by atoms with Gasteiger partial charge in [0.1, 0.15) is 10.7 Å². The summed E-state index contributed by atoms with van der Waals surface area (Å²) in [4.78, 5) is 17.1. The number of hydrogen-bond donors (Lipinski definition) is 2. The summed E-state index contributed by atoms with van der Waals surface area (Å²) in [5.74, 6) is -0.0758. The lowest BCUT2D eigenvalue weighted by Crippen LogP contribution is -2.50. The van der Waals surface area contributed by atoms with Gasteiger partial charge in [0.25, 0.3) is 0 Å². The average Bonchev–Trinajstić information content (AvgIpc) is 2.48. The second-order valence-electron chi connectivity index (χ2n) is 4.74. The second-order valence-corrected chi connectivity index (χ2v) is 6.65. The highest BCUT2D eigenvalue weighted by Gasteiger charge is 2.30. The first-order valence-electron chi connectivity index (χ1n) is 6.58. The topological polar surface area (TPSA) is 109 Å². The zero-order chi connectivity index (χ0) is 15.5. The molecule has 2 heterocycles. The van der Waals surface area contributed by atoms with Crippen molar-refractivity contribution in [2.24, 2.45) is 0 Å². The molecule has 0 radical (unpaired) electrons. The Kier molecular flexibility index (Phi) is 4.76. The number of nitrogens with one attached hydrogen (secondary N) is 1. The minimum absolute atomic E-state index is 0.00490. The number of anilines is 1. The standard InChI is InChI=1S/C12H19N5O3S/c1-14-11(18)9-16-5-7-17(8-6-16)21(19,20)10-3-2-4-15-12(10)13/h2-4H,5-9H2,1H3,(H2,13,15)(H,14,18). The molecule has 0 saturated carbocycles. The molecule has 0 aromatic carbocycles. The summed E-state index contributed by atoms with van der Waals surface area (Å²) in [7, 11) is -2.05. The van der Waals surface area contributed by atoms with Crippen LogP contribution in [0.1, 0.15) is 0 Å². The number of sulfonamides is 1. The molecule has 3 N–H and O–H groups in total. The number of nitrogens with two attached hydrogens (primary N) is 1. The van der Waals surface area contributed by atoms with E-state index in [1.807, 2.05) is 4.90 Å². The molecule has 1 saturated heterocycles. The minimum atomic E-state index is -3.63. The first kappa shape index (κ1) is 15.7. The number of likely N-dealkylation sites (N-methyl/N-ethyl adjacent to an activating group) is 1. The molecule has 21 heavy (non-hydrogen) atoms. The van der Waals surface area contributed by atoms with Crippen molar-refractivity contribution in [3.8, 4) is 0 Å². The molecular formula is C12H19N5O3S. The van der Waals surface area contributed by atoms with Crippen LogP contribution >= 0.6 is 0 Å². The Hall–Kier alpha value is -1.71. The Balaban J connectivity index is 2.05. The molecule has 0 bridgehead atoms. The number of pyridine rings is 1. The molecule has 116 valence electrons. The molecular weight excluding hydrogens is 294 g/mol. The van der Waals surface area contributed by atoms with Gasteiger partial charge in [0, 0.05) is 39.4 Å². The van der Waals surface area contributed by atoms with Gasteiger partial charge in [0.15, 0.2) is 0 Å². The third-order valence-electron chi connectivity index (χ3n) is 3.39. The molecule has 2 rings (SSSR count). The second kappa shape index (κ2) is 6.37. The predicted octanol–water partition coefficient (Wildman–Crippen LogP) is -1.28. The molecule has 1 fully saturated rings. The molecule has 8 nitrogen and oxygen atoms in total. The third-order valence-corrected chi connectivity index (χ3v) is 5.34. The number of amides is 1.